The van der Waals surface area contributed by atoms with Crippen LogP contribution in [0.5, 0.6) is 0 Å². The van der Waals surface area contributed by atoms with Crippen LogP contribution in [0, 0.1) is 6.92 Å². The van der Waals surface area contributed by atoms with Gasteiger partial charge >= 0.3 is 6.18 Å². The Morgan fingerprint density at radius 2 is 2.06 bits per heavy atom. The number of aryl methyl sites for hydroxylation is 2. The lowest BCUT2D eigenvalue weighted by Gasteiger charge is -2.03. The maximum absolute atomic E-state index is 12.5. The van der Waals surface area contributed by atoms with Gasteiger partial charge in [-0.15, -0.1) is 0 Å². The van der Waals surface area contributed by atoms with Crippen LogP contribution in [0.25, 0.3) is 5.65 Å². The Labute approximate surface area is 90.7 Å². The molecule has 0 aliphatic carbocycles. The molecule has 2 rings (SSSR count). The summed E-state index contributed by atoms with van der Waals surface area (Å²) in [5.41, 5.74) is 1.36. The molecule has 0 aliphatic heterocycles. The highest BCUT2D eigenvalue weighted by Gasteiger charge is 2.34. The van der Waals surface area contributed by atoms with E-state index in [4.69, 9.17) is 0 Å². The molecule has 0 aromatic carbocycles. The largest absolute Gasteiger partial charge is 0.434 e. The van der Waals surface area contributed by atoms with Gasteiger partial charge < -0.3 is 4.40 Å². The second kappa shape index (κ2) is 3.50. The van der Waals surface area contributed by atoms with E-state index in [0.29, 0.717) is 5.65 Å². The van der Waals surface area contributed by atoms with Gasteiger partial charge in [0.25, 0.3) is 0 Å². The number of halogens is 3. The third-order valence-corrected chi connectivity index (χ3v) is 2.66. The van der Waals surface area contributed by atoms with Crippen molar-refractivity contribution in [1.29, 1.82) is 0 Å². The molecule has 2 aromatic heterocycles. The van der Waals surface area contributed by atoms with Gasteiger partial charge in [0.15, 0.2) is 5.69 Å². The quantitative estimate of drug-likeness (QED) is 0.732. The van der Waals surface area contributed by atoms with E-state index >= 15 is 0 Å². The standard InChI is InChI=1S/C11H11F3N2/c1-3-8-4-5-16-6-9(11(12,13)14)15-10(16)7(8)2/h4-6H,3H2,1-2H3. The Bertz CT molecular complexity index is 526. The molecule has 0 N–H and O–H groups in total. The number of imidazole rings is 1. The molecule has 0 fully saturated rings. The molecule has 2 nitrogen and oxygen atoms in total. The van der Waals surface area contributed by atoms with E-state index in [1.165, 1.54) is 4.40 Å². The van der Waals surface area contributed by atoms with Crippen molar-refractivity contribution in [3.63, 3.8) is 0 Å². The molecule has 0 unspecified atom stereocenters. The summed E-state index contributed by atoms with van der Waals surface area (Å²) in [6.07, 6.45) is -0.966. The summed E-state index contributed by atoms with van der Waals surface area (Å²) in [4.78, 5) is 3.63. The molecule has 2 aromatic rings. The summed E-state index contributed by atoms with van der Waals surface area (Å²) in [7, 11) is 0. The molecule has 0 amide bonds. The average Bonchev–Trinajstić information content (AvgIpc) is 2.62. The SMILES string of the molecule is CCc1ccn2cc(C(F)(F)F)nc2c1C. The van der Waals surface area contributed by atoms with Crippen LogP contribution in [0.4, 0.5) is 13.2 Å². The summed E-state index contributed by atoms with van der Waals surface area (Å²) in [6, 6.07) is 1.82. The van der Waals surface area contributed by atoms with Crippen molar-refractivity contribution >= 4 is 5.65 Å². The fourth-order valence-corrected chi connectivity index (χ4v) is 1.74. The van der Waals surface area contributed by atoms with Gasteiger partial charge in [-0.1, -0.05) is 6.92 Å². The van der Waals surface area contributed by atoms with E-state index < -0.39 is 11.9 Å². The van der Waals surface area contributed by atoms with E-state index in [9.17, 15) is 13.2 Å². The fraction of sp³-hybridized carbons (Fsp3) is 0.364. The fourth-order valence-electron chi connectivity index (χ4n) is 1.74. The summed E-state index contributed by atoms with van der Waals surface area (Å²) >= 11 is 0. The molecule has 0 saturated heterocycles. The van der Waals surface area contributed by atoms with Crippen LogP contribution >= 0.6 is 0 Å². The van der Waals surface area contributed by atoms with Crippen molar-refractivity contribution < 1.29 is 13.2 Å². The van der Waals surface area contributed by atoms with Crippen LogP contribution in [0.2, 0.25) is 0 Å². The Kier molecular flexibility index (Phi) is 2.40. The topological polar surface area (TPSA) is 17.3 Å². The molecule has 0 radical (unpaired) electrons. The van der Waals surface area contributed by atoms with Crippen LogP contribution in [0.3, 0.4) is 0 Å². The van der Waals surface area contributed by atoms with E-state index in [2.05, 4.69) is 4.98 Å². The third kappa shape index (κ3) is 1.66. The molecular weight excluding hydrogens is 217 g/mol. The van der Waals surface area contributed by atoms with Crippen LogP contribution in [-0.2, 0) is 12.6 Å². The zero-order valence-corrected chi connectivity index (χ0v) is 8.97. The van der Waals surface area contributed by atoms with Crippen molar-refractivity contribution in [3.8, 4) is 0 Å². The summed E-state index contributed by atoms with van der Waals surface area (Å²) in [6.45, 7) is 3.76. The molecule has 86 valence electrons. The van der Waals surface area contributed by atoms with Gasteiger partial charge in [-0.25, -0.2) is 4.98 Å². The normalized spacial score (nSPS) is 12.3. The zero-order valence-electron chi connectivity index (χ0n) is 8.97. The molecule has 0 spiro atoms. The van der Waals surface area contributed by atoms with Crippen LogP contribution in [0.15, 0.2) is 18.5 Å². The Hall–Kier alpha value is -1.52. The molecule has 2 heterocycles. The van der Waals surface area contributed by atoms with Crippen molar-refractivity contribution in [2.45, 2.75) is 26.4 Å². The predicted octanol–water partition coefficient (Wildman–Crippen LogP) is 3.22. The van der Waals surface area contributed by atoms with E-state index in [-0.39, 0.29) is 0 Å². The van der Waals surface area contributed by atoms with Gasteiger partial charge in [0.2, 0.25) is 0 Å². The molecule has 5 heteroatoms. The lowest BCUT2D eigenvalue weighted by atomic mass is 10.1. The minimum Gasteiger partial charge on any atom is -0.306 e. The van der Waals surface area contributed by atoms with Crippen molar-refractivity contribution in [1.82, 2.24) is 9.38 Å². The maximum atomic E-state index is 12.5. The highest BCUT2D eigenvalue weighted by molar-refractivity contribution is 5.52. The second-order valence-corrected chi connectivity index (χ2v) is 3.67. The molecule has 0 atom stereocenters. The lowest BCUT2D eigenvalue weighted by Crippen LogP contribution is -2.04. The van der Waals surface area contributed by atoms with Crippen molar-refractivity contribution in [2.75, 3.05) is 0 Å². The van der Waals surface area contributed by atoms with Crippen LogP contribution < -0.4 is 0 Å². The number of pyridine rings is 1. The van der Waals surface area contributed by atoms with Crippen molar-refractivity contribution in [3.05, 3.63) is 35.3 Å². The predicted molar refractivity (Wildman–Crippen MR) is 54.3 cm³/mol. The monoisotopic (exact) mass is 228 g/mol. The summed E-state index contributed by atoms with van der Waals surface area (Å²) in [5, 5.41) is 0. The van der Waals surface area contributed by atoms with Gasteiger partial charge in [-0.05, 0) is 30.5 Å². The number of hydrogen-bond acceptors (Lipinski definition) is 1. The Balaban J connectivity index is 2.67. The first-order valence-corrected chi connectivity index (χ1v) is 4.98. The van der Waals surface area contributed by atoms with Crippen LogP contribution in [-0.4, -0.2) is 9.38 Å². The average molecular weight is 228 g/mol. The zero-order chi connectivity index (χ0) is 11.9. The highest BCUT2D eigenvalue weighted by Crippen LogP contribution is 2.29. The summed E-state index contributed by atoms with van der Waals surface area (Å²) in [5.74, 6) is 0. The summed E-state index contributed by atoms with van der Waals surface area (Å²) < 4.78 is 38.8. The minimum absolute atomic E-state index is 0.381. The number of fused-ring (bicyclic) bond motifs is 1. The van der Waals surface area contributed by atoms with Gasteiger partial charge in [-0.2, -0.15) is 13.2 Å². The van der Waals surface area contributed by atoms with Gasteiger partial charge in [0.05, 0.1) is 0 Å². The third-order valence-electron chi connectivity index (χ3n) is 2.66. The minimum atomic E-state index is -4.38. The molecule has 16 heavy (non-hydrogen) atoms. The van der Waals surface area contributed by atoms with E-state index in [1.54, 1.807) is 13.1 Å². The van der Waals surface area contributed by atoms with Gasteiger partial charge in [0.1, 0.15) is 5.65 Å². The second-order valence-electron chi connectivity index (χ2n) is 3.67. The first kappa shape index (κ1) is 11.0. The smallest absolute Gasteiger partial charge is 0.306 e. The maximum Gasteiger partial charge on any atom is 0.434 e. The van der Waals surface area contributed by atoms with Gasteiger partial charge in [-0.3, -0.25) is 0 Å². The molecule has 0 aliphatic rings. The molecular formula is C11H11F3N2. The number of alkyl halides is 3. The first-order chi connectivity index (χ1) is 7.43. The number of nitrogens with zero attached hydrogens (tertiary/aromatic N) is 2. The number of rotatable bonds is 1. The number of hydrogen-bond donors (Lipinski definition) is 0. The van der Waals surface area contributed by atoms with Crippen molar-refractivity contribution in [2.24, 2.45) is 0 Å². The molecule has 0 saturated carbocycles. The van der Waals surface area contributed by atoms with E-state index in [0.717, 1.165) is 23.7 Å². The molecule has 0 bridgehead atoms. The highest BCUT2D eigenvalue weighted by atomic mass is 19.4. The lowest BCUT2D eigenvalue weighted by molar-refractivity contribution is -0.140. The van der Waals surface area contributed by atoms with Crippen LogP contribution in [0.1, 0.15) is 23.7 Å². The number of aromatic nitrogens is 2. The first-order valence-electron chi connectivity index (χ1n) is 4.98. The Morgan fingerprint density at radius 1 is 1.38 bits per heavy atom. The van der Waals surface area contributed by atoms with Gasteiger partial charge in [0, 0.05) is 12.4 Å². The van der Waals surface area contributed by atoms with E-state index in [1.807, 2.05) is 13.0 Å². The Morgan fingerprint density at radius 3 is 2.62 bits per heavy atom.